The first-order chi connectivity index (χ1) is 9.60. The number of hydrogen-bond donors (Lipinski definition) is 2. The summed E-state index contributed by atoms with van der Waals surface area (Å²) in [5, 5.41) is 13.0. The smallest absolute Gasteiger partial charge is 0.262 e. The van der Waals surface area contributed by atoms with Crippen molar-refractivity contribution in [3.63, 3.8) is 0 Å². The van der Waals surface area contributed by atoms with Crippen molar-refractivity contribution in [2.24, 2.45) is 0 Å². The molecular formula is C15H22N2O3. The molecule has 5 heteroatoms. The second-order valence-corrected chi connectivity index (χ2v) is 5.22. The van der Waals surface area contributed by atoms with Gasteiger partial charge in [0, 0.05) is 6.54 Å². The fraction of sp³-hybridized carbons (Fsp3) is 0.533. The second-order valence-electron chi connectivity index (χ2n) is 5.22. The summed E-state index contributed by atoms with van der Waals surface area (Å²) in [5.74, 6) is 0.490. The number of amides is 1. The number of nitrogens with zero attached hydrogens (tertiary/aromatic N) is 1. The van der Waals surface area contributed by atoms with Gasteiger partial charge in [0.15, 0.2) is 6.61 Å². The number of aliphatic hydroxyl groups is 1. The van der Waals surface area contributed by atoms with Gasteiger partial charge in [0.05, 0.1) is 11.8 Å². The summed E-state index contributed by atoms with van der Waals surface area (Å²) in [5.41, 5.74) is 1.42. The van der Waals surface area contributed by atoms with E-state index in [-0.39, 0.29) is 12.5 Å². The number of benzene rings is 1. The Morgan fingerprint density at radius 2 is 2.30 bits per heavy atom. The van der Waals surface area contributed by atoms with E-state index >= 15 is 0 Å². The van der Waals surface area contributed by atoms with E-state index in [1.165, 1.54) is 0 Å². The Bertz CT molecular complexity index is 476. The number of fused-ring (bicyclic) bond motifs is 1. The number of hydrogen-bond acceptors (Lipinski definition) is 4. The van der Waals surface area contributed by atoms with Gasteiger partial charge in [-0.1, -0.05) is 19.4 Å². The standard InChI is InChI=1S/C15H22N2O3/c1-3-4-7-17(2)9-13(18)11-5-6-14-12(8-11)16-15(19)10-20-14/h5-6,8,13,18H,3-4,7,9-10H2,1-2H3,(H,16,19). The Morgan fingerprint density at radius 1 is 1.50 bits per heavy atom. The Morgan fingerprint density at radius 3 is 3.05 bits per heavy atom. The first-order valence-corrected chi connectivity index (χ1v) is 7.03. The monoisotopic (exact) mass is 278 g/mol. The van der Waals surface area contributed by atoms with Crippen molar-refractivity contribution in [3.05, 3.63) is 23.8 Å². The lowest BCUT2D eigenvalue weighted by Gasteiger charge is -2.23. The van der Waals surface area contributed by atoms with Crippen LogP contribution in [0, 0.1) is 0 Å². The maximum absolute atomic E-state index is 11.3. The van der Waals surface area contributed by atoms with Crippen LogP contribution in [0.2, 0.25) is 0 Å². The lowest BCUT2D eigenvalue weighted by Crippen LogP contribution is -2.27. The van der Waals surface area contributed by atoms with E-state index in [2.05, 4.69) is 17.1 Å². The molecule has 0 aliphatic carbocycles. The molecule has 1 aromatic carbocycles. The van der Waals surface area contributed by atoms with E-state index in [0.717, 1.165) is 24.9 Å². The number of carbonyl (C=O) groups is 1. The maximum atomic E-state index is 11.3. The Hall–Kier alpha value is -1.59. The lowest BCUT2D eigenvalue weighted by atomic mass is 10.1. The summed E-state index contributed by atoms with van der Waals surface area (Å²) < 4.78 is 5.30. The quantitative estimate of drug-likeness (QED) is 0.832. The summed E-state index contributed by atoms with van der Waals surface area (Å²) in [4.78, 5) is 13.4. The van der Waals surface area contributed by atoms with Gasteiger partial charge in [-0.05, 0) is 37.7 Å². The zero-order valence-electron chi connectivity index (χ0n) is 12.1. The van der Waals surface area contributed by atoms with Gasteiger partial charge in [-0.2, -0.15) is 0 Å². The molecule has 20 heavy (non-hydrogen) atoms. The van der Waals surface area contributed by atoms with Crippen molar-refractivity contribution in [1.82, 2.24) is 4.90 Å². The van der Waals surface area contributed by atoms with Gasteiger partial charge < -0.3 is 20.1 Å². The number of unbranched alkanes of at least 4 members (excludes halogenated alkanes) is 1. The molecule has 1 aliphatic rings. The van der Waals surface area contributed by atoms with E-state index in [1.807, 2.05) is 13.1 Å². The molecule has 2 rings (SSSR count). The topological polar surface area (TPSA) is 61.8 Å². The van der Waals surface area contributed by atoms with Gasteiger partial charge in [0.25, 0.3) is 5.91 Å². The molecule has 1 aromatic rings. The number of ether oxygens (including phenoxy) is 1. The predicted molar refractivity (Wildman–Crippen MR) is 77.9 cm³/mol. The van der Waals surface area contributed by atoms with Gasteiger partial charge >= 0.3 is 0 Å². The van der Waals surface area contributed by atoms with Crippen LogP contribution in [0.1, 0.15) is 31.4 Å². The van der Waals surface area contributed by atoms with E-state index in [9.17, 15) is 9.90 Å². The van der Waals surface area contributed by atoms with Crippen LogP contribution in [-0.2, 0) is 4.79 Å². The molecule has 0 spiro atoms. The summed E-state index contributed by atoms with van der Waals surface area (Å²) in [6.45, 7) is 3.75. The van der Waals surface area contributed by atoms with Crippen molar-refractivity contribution in [3.8, 4) is 5.75 Å². The molecule has 5 nitrogen and oxygen atoms in total. The third-order valence-corrected chi connectivity index (χ3v) is 3.40. The minimum atomic E-state index is -0.569. The van der Waals surface area contributed by atoms with Crippen LogP contribution in [0.5, 0.6) is 5.75 Å². The van der Waals surface area contributed by atoms with Crippen LogP contribution in [-0.4, -0.2) is 42.7 Å². The number of aliphatic hydroxyl groups excluding tert-OH is 1. The molecule has 0 bridgehead atoms. The Balaban J connectivity index is 2.01. The second kappa shape index (κ2) is 6.72. The maximum Gasteiger partial charge on any atom is 0.262 e. The highest BCUT2D eigenvalue weighted by atomic mass is 16.5. The van der Waals surface area contributed by atoms with Crippen LogP contribution < -0.4 is 10.1 Å². The van der Waals surface area contributed by atoms with Gasteiger partial charge in [0.1, 0.15) is 5.75 Å². The van der Waals surface area contributed by atoms with Crippen molar-refractivity contribution >= 4 is 11.6 Å². The van der Waals surface area contributed by atoms with Crippen molar-refractivity contribution in [2.75, 3.05) is 32.1 Å². The molecule has 1 heterocycles. The van der Waals surface area contributed by atoms with Crippen molar-refractivity contribution < 1.29 is 14.6 Å². The Kier molecular flexibility index (Phi) is 4.98. The van der Waals surface area contributed by atoms with Gasteiger partial charge in [-0.15, -0.1) is 0 Å². The highest BCUT2D eigenvalue weighted by molar-refractivity contribution is 5.95. The number of carbonyl (C=O) groups excluding carboxylic acids is 1. The molecule has 1 atom stereocenters. The average Bonchev–Trinajstić information content (AvgIpc) is 2.44. The fourth-order valence-corrected chi connectivity index (χ4v) is 2.23. The lowest BCUT2D eigenvalue weighted by molar-refractivity contribution is -0.118. The fourth-order valence-electron chi connectivity index (χ4n) is 2.23. The third-order valence-electron chi connectivity index (χ3n) is 3.40. The van der Waals surface area contributed by atoms with E-state index < -0.39 is 6.10 Å². The molecule has 1 aliphatic heterocycles. The zero-order valence-corrected chi connectivity index (χ0v) is 12.1. The number of likely N-dealkylation sites (N-methyl/N-ethyl adjacent to an activating group) is 1. The molecule has 1 amide bonds. The van der Waals surface area contributed by atoms with Crippen LogP contribution in [0.25, 0.3) is 0 Å². The first-order valence-electron chi connectivity index (χ1n) is 7.03. The van der Waals surface area contributed by atoms with E-state index in [4.69, 9.17) is 4.74 Å². The molecule has 0 fully saturated rings. The minimum Gasteiger partial charge on any atom is -0.482 e. The SMILES string of the molecule is CCCCN(C)CC(O)c1ccc2c(c1)NC(=O)CO2. The molecule has 0 radical (unpaired) electrons. The average molecular weight is 278 g/mol. The van der Waals surface area contributed by atoms with Crippen molar-refractivity contribution in [1.29, 1.82) is 0 Å². The molecule has 0 saturated heterocycles. The Labute approximate surface area is 119 Å². The molecule has 0 saturated carbocycles. The van der Waals surface area contributed by atoms with Crippen molar-refractivity contribution in [2.45, 2.75) is 25.9 Å². The third kappa shape index (κ3) is 3.71. The number of anilines is 1. The summed E-state index contributed by atoms with van der Waals surface area (Å²) in [6, 6.07) is 5.42. The van der Waals surface area contributed by atoms with Gasteiger partial charge in [0.2, 0.25) is 0 Å². The normalized spacial score (nSPS) is 15.5. The van der Waals surface area contributed by atoms with Gasteiger partial charge in [-0.3, -0.25) is 4.79 Å². The minimum absolute atomic E-state index is 0.0503. The summed E-state index contributed by atoms with van der Waals surface area (Å²) >= 11 is 0. The summed E-state index contributed by atoms with van der Waals surface area (Å²) in [6.07, 6.45) is 1.70. The highest BCUT2D eigenvalue weighted by Gasteiger charge is 2.18. The first kappa shape index (κ1) is 14.8. The molecule has 0 aromatic heterocycles. The van der Waals surface area contributed by atoms with Crippen LogP contribution in [0.4, 0.5) is 5.69 Å². The molecule has 2 N–H and O–H groups in total. The molecular weight excluding hydrogens is 256 g/mol. The molecule has 1 unspecified atom stereocenters. The van der Waals surface area contributed by atoms with E-state index in [1.54, 1.807) is 12.1 Å². The van der Waals surface area contributed by atoms with Crippen LogP contribution in [0.3, 0.4) is 0 Å². The largest absolute Gasteiger partial charge is 0.482 e. The number of rotatable bonds is 6. The van der Waals surface area contributed by atoms with Crippen LogP contribution in [0.15, 0.2) is 18.2 Å². The van der Waals surface area contributed by atoms with Gasteiger partial charge in [-0.25, -0.2) is 0 Å². The highest BCUT2D eigenvalue weighted by Crippen LogP contribution is 2.30. The van der Waals surface area contributed by atoms with Crippen LogP contribution >= 0.6 is 0 Å². The molecule has 110 valence electrons. The zero-order chi connectivity index (χ0) is 14.5. The summed E-state index contributed by atoms with van der Waals surface area (Å²) in [7, 11) is 2.00. The number of nitrogens with one attached hydrogen (secondary N) is 1. The van der Waals surface area contributed by atoms with E-state index in [0.29, 0.717) is 18.0 Å². The predicted octanol–water partition coefficient (Wildman–Crippen LogP) is 1.78.